The molecule has 0 spiro atoms. The van der Waals surface area contributed by atoms with Crippen LogP contribution in [0.5, 0.6) is 5.75 Å². The van der Waals surface area contributed by atoms with Gasteiger partial charge in [0.25, 0.3) is 0 Å². The summed E-state index contributed by atoms with van der Waals surface area (Å²) in [7, 11) is 0. The van der Waals surface area contributed by atoms with Crippen LogP contribution in [-0.4, -0.2) is 10.7 Å². The van der Waals surface area contributed by atoms with Crippen molar-refractivity contribution >= 4 is 33.2 Å². The van der Waals surface area contributed by atoms with Gasteiger partial charge in [-0.3, -0.25) is 0 Å². The summed E-state index contributed by atoms with van der Waals surface area (Å²) in [6.07, 6.45) is 0.343. The van der Waals surface area contributed by atoms with E-state index in [1.54, 1.807) is 12.1 Å². The summed E-state index contributed by atoms with van der Waals surface area (Å²) in [6, 6.07) is 20.1. The number of hydrogen-bond donors (Lipinski definition) is 0. The summed E-state index contributed by atoms with van der Waals surface area (Å²) in [5, 5.41) is 7.57. The Kier molecular flexibility index (Phi) is 4.37. The second-order valence-electron chi connectivity index (χ2n) is 6.86. The van der Waals surface area contributed by atoms with E-state index in [1.807, 2.05) is 41.4 Å². The predicted octanol–water partition coefficient (Wildman–Crippen LogP) is 6.48. The van der Waals surface area contributed by atoms with Crippen molar-refractivity contribution in [3.8, 4) is 5.75 Å². The molecule has 2 atom stereocenters. The number of benzene rings is 3. The van der Waals surface area contributed by atoms with Crippen molar-refractivity contribution in [2.75, 3.05) is 0 Å². The van der Waals surface area contributed by atoms with Crippen molar-refractivity contribution in [1.82, 2.24) is 5.01 Å². The third kappa shape index (κ3) is 3.09. The number of halogens is 3. The molecule has 3 aromatic rings. The van der Waals surface area contributed by atoms with Crippen LogP contribution in [0.4, 0.5) is 4.39 Å². The van der Waals surface area contributed by atoms with Gasteiger partial charge in [-0.15, -0.1) is 0 Å². The molecule has 2 aliphatic heterocycles. The summed E-state index contributed by atoms with van der Waals surface area (Å²) in [4.78, 5) is 0. The van der Waals surface area contributed by atoms with Gasteiger partial charge in [-0.05, 0) is 48.0 Å². The van der Waals surface area contributed by atoms with Crippen molar-refractivity contribution in [1.29, 1.82) is 0 Å². The zero-order chi connectivity index (χ0) is 19.3. The zero-order valence-corrected chi connectivity index (χ0v) is 17.0. The van der Waals surface area contributed by atoms with Gasteiger partial charge >= 0.3 is 0 Å². The van der Waals surface area contributed by atoms with Crippen LogP contribution in [0.3, 0.4) is 0 Å². The minimum absolute atomic E-state index is 0.0435. The number of hydrazone groups is 1. The quantitative estimate of drug-likeness (QED) is 0.440. The Balaban J connectivity index is 1.59. The van der Waals surface area contributed by atoms with E-state index in [9.17, 15) is 4.39 Å². The molecule has 0 radical (unpaired) electrons. The molecular weight excluding hydrogens is 443 g/mol. The molecular formula is C22H15BrClFN2O. The van der Waals surface area contributed by atoms with Crippen molar-refractivity contribution < 1.29 is 9.13 Å². The third-order valence-electron chi connectivity index (χ3n) is 5.08. The Bertz CT molecular complexity index is 1070. The lowest BCUT2D eigenvalue weighted by atomic mass is 9.96. The van der Waals surface area contributed by atoms with Crippen LogP contribution in [0.1, 0.15) is 35.4 Å². The molecule has 140 valence electrons. The molecule has 0 fully saturated rings. The van der Waals surface area contributed by atoms with Crippen LogP contribution < -0.4 is 4.74 Å². The molecule has 2 unspecified atom stereocenters. The van der Waals surface area contributed by atoms with Gasteiger partial charge in [-0.25, -0.2) is 9.40 Å². The van der Waals surface area contributed by atoms with Crippen molar-refractivity contribution in [2.24, 2.45) is 5.10 Å². The minimum atomic E-state index is -0.413. The first kappa shape index (κ1) is 17.7. The lowest BCUT2D eigenvalue weighted by molar-refractivity contribution is -0.0191. The Morgan fingerprint density at radius 1 is 1.04 bits per heavy atom. The molecule has 0 aliphatic carbocycles. The molecule has 3 aromatic carbocycles. The van der Waals surface area contributed by atoms with Gasteiger partial charge in [0, 0.05) is 27.0 Å². The fraction of sp³-hybridized carbons (Fsp3) is 0.136. The largest absolute Gasteiger partial charge is 0.464 e. The number of rotatable bonds is 2. The van der Waals surface area contributed by atoms with Crippen molar-refractivity contribution in [3.05, 3.63) is 98.7 Å². The van der Waals surface area contributed by atoms with E-state index in [0.717, 1.165) is 39.0 Å². The topological polar surface area (TPSA) is 24.8 Å². The minimum Gasteiger partial charge on any atom is -0.464 e. The molecule has 28 heavy (non-hydrogen) atoms. The molecule has 0 saturated heterocycles. The van der Waals surface area contributed by atoms with Crippen LogP contribution >= 0.6 is 27.5 Å². The highest BCUT2D eigenvalue weighted by Gasteiger charge is 2.41. The molecule has 5 rings (SSSR count). The van der Waals surface area contributed by atoms with Crippen molar-refractivity contribution in [2.45, 2.75) is 18.7 Å². The summed E-state index contributed by atoms with van der Waals surface area (Å²) in [6.45, 7) is 0. The van der Waals surface area contributed by atoms with Crippen LogP contribution in [0.25, 0.3) is 0 Å². The maximum absolute atomic E-state index is 13.4. The zero-order valence-electron chi connectivity index (χ0n) is 14.6. The summed E-state index contributed by atoms with van der Waals surface area (Å²) < 4.78 is 20.7. The average Bonchev–Trinajstić information content (AvgIpc) is 3.14. The first-order valence-electron chi connectivity index (χ1n) is 8.92. The van der Waals surface area contributed by atoms with E-state index in [-0.39, 0.29) is 11.9 Å². The van der Waals surface area contributed by atoms with E-state index in [1.165, 1.54) is 12.1 Å². The standard InChI is InChI=1S/C22H15BrClFN2O/c23-15-5-10-21-18(11-15)20-12-19(13-1-6-16(24)7-2-13)26-27(20)22(28-21)14-3-8-17(25)9-4-14/h1-11,20,22H,12H2. The van der Waals surface area contributed by atoms with Gasteiger partial charge in [0.05, 0.1) is 11.8 Å². The Hall–Kier alpha value is -2.37. The molecule has 0 amide bonds. The molecule has 0 bridgehead atoms. The SMILES string of the molecule is Fc1ccc(C2Oc3ccc(Br)cc3C3CC(c4ccc(Cl)cc4)=NN32)cc1. The first-order valence-corrected chi connectivity index (χ1v) is 10.1. The van der Waals surface area contributed by atoms with E-state index in [4.69, 9.17) is 21.4 Å². The second kappa shape index (κ2) is 6.90. The van der Waals surface area contributed by atoms with E-state index in [0.29, 0.717) is 5.02 Å². The Morgan fingerprint density at radius 2 is 1.79 bits per heavy atom. The Labute approximate surface area is 175 Å². The molecule has 3 nitrogen and oxygen atoms in total. The number of ether oxygens (including phenoxy) is 1. The van der Waals surface area contributed by atoms with Gasteiger partial charge in [0.2, 0.25) is 6.23 Å². The molecule has 0 saturated carbocycles. The second-order valence-corrected chi connectivity index (χ2v) is 8.21. The smallest absolute Gasteiger partial charge is 0.213 e. The first-order chi connectivity index (χ1) is 13.6. The fourth-order valence-electron chi connectivity index (χ4n) is 3.72. The third-order valence-corrected chi connectivity index (χ3v) is 5.83. The predicted molar refractivity (Wildman–Crippen MR) is 111 cm³/mol. The average molecular weight is 458 g/mol. The lowest BCUT2D eigenvalue weighted by Gasteiger charge is -2.38. The van der Waals surface area contributed by atoms with Crippen LogP contribution in [0.2, 0.25) is 5.02 Å². The highest BCUT2D eigenvalue weighted by Crippen LogP contribution is 2.48. The molecule has 0 N–H and O–H groups in total. The van der Waals surface area contributed by atoms with E-state index in [2.05, 4.69) is 22.0 Å². The van der Waals surface area contributed by atoms with Crippen LogP contribution in [-0.2, 0) is 0 Å². The number of fused-ring (bicyclic) bond motifs is 3. The normalized spacial score (nSPS) is 20.2. The van der Waals surface area contributed by atoms with Crippen LogP contribution in [0, 0.1) is 5.82 Å². The highest BCUT2D eigenvalue weighted by molar-refractivity contribution is 9.10. The number of nitrogens with zero attached hydrogens (tertiary/aromatic N) is 2. The summed E-state index contributed by atoms with van der Waals surface area (Å²) in [5.41, 5.74) is 3.96. The lowest BCUT2D eigenvalue weighted by Crippen LogP contribution is -2.33. The maximum Gasteiger partial charge on any atom is 0.213 e. The molecule has 2 aliphatic rings. The summed E-state index contributed by atoms with van der Waals surface area (Å²) in [5.74, 6) is 0.554. The van der Waals surface area contributed by atoms with Crippen LogP contribution in [0.15, 0.2) is 76.3 Å². The highest BCUT2D eigenvalue weighted by atomic mass is 79.9. The number of hydrogen-bond acceptors (Lipinski definition) is 3. The van der Waals surface area contributed by atoms with E-state index >= 15 is 0 Å². The monoisotopic (exact) mass is 456 g/mol. The van der Waals surface area contributed by atoms with Gasteiger partial charge < -0.3 is 4.74 Å². The van der Waals surface area contributed by atoms with Gasteiger partial charge in [-0.1, -0.05) is 51.8 Å². The summed E-state index contributed by atoms with van der Waals surface area (Å²) >= 11 is 9.59. The molecule has 2 heterocycles. The van der Waals surface area contributed by atoms with Gasteiger partial charge in [-0.2, -0.15) is 5.10 Å². The Morgan fingerprint density at radius 3 is 2.54 bits per heavy atom. The van der Waals surface area contributed by atoms with E-state index < -0.39 is 6.23 Å². The fourth-order valence-corrected chi connectivity index (χ4v) is 4.23. The molecule has 6 heteroatoms. The van der Waals surface area contributed by atoms with Gasteiger partial charge in [0.15, 0.2) is 0 Å². The van der Waals surface area contributed by atoms with Crippen molar-refractivity contribution in [3.63, 3.8) is 0 Å². The van der Waals surface area contributed by atoms with Gasteiger partial charge in [0.1, 0.15) is 11.6 Å². The maximum atomic E-state index is 13.4. The molecule has 0 aromatic heterocycles.